The number of rotatable bonds is 27. The molecule has 4 rings (SSSR count). The molecule has 8 atom stereocenters. The zero-order chi connectivity index (χ0) is 96.9. The van der Waals surface area contributed by atoms with E-state index in [-0.39, 0.29) is 166 Å². The van der Waals surface area contributed by atoms with E-state index in [4.69, 9.17) is 0 Å². The summed E-state index contributed by atoms with van der Waals surface area (Å²) in [6.07, 6.45) is 10.3. The van der Waals surface area contributed by atoms with Crippen LogP contribution in [0.1, 0.15) is 409 Å². The number of thioether (sulfide) groups is 1. The first-order chi connectivity index (χ1) is 54.2. The van der Waals surface area contributed by atoms with Gasteiger partial charge in [0.05, 0.1) is 42.3 Å². The summed E-state index contributed by atoms with van der Waals surface area (Å²) in [4.78, 5) is 87.0. The lowest BCUT2D eigenvalue weighted by molar-refractivity contribution is -0.130. The number of hydrogen-bond acceptors (Lipinski definition) is 15. The average molecular weight is 1790 g/mol. The van der Waals surface area contributed by atoms with E-state index in [0.29, 0.717) is 35.0 Å². The van der Waals surface area contributed by atoms with Gasteiger partial charge >= 0.3 is 0 Å². The number of allylic oxidation sites excluding steroid dienone is 1. The van der Waals surface area contributed by atoms with Crippen LogP contribution in [-0.2, 0) is 52.8 Å². The molecule has 736 valence electrons. The normalized spacial score (nSPS) is 14.8. The maximum absolute atomic E-state index is 12.9. The summed E-state index contributed by atoms with van der Waals surface area (Å²) in [5.74, 6) is 3.81. The van der Waals surface area contributed by atoms with Crippen LogP contribution in [0.2, 0.25) is 0 Å². The summed E-state index contributed by atoms with van der Waals surface area (Å²) in [6.45, 7) is 98.6. The molecule has 8 unspecified atom stereocenters. The van der Waals surface area contributed by atoms with Crippen molar-refractivity contribution in [2.24, 2.45) is 49.7 Å². The van der Waals surface area contributed by atoms with E-state index in [9.17, 15) is 33.6 Å². The molecule has 0 aliphatic heterocycles. The Kier molecular flexibility index (Phi) is 59.2. The number of aryl methyl sites for hydroxylation is 1. The highest BCUT2D eigenvalue weighted by atomic mass is 32.2. The molecule has 0 heterocycles. The van der Waals surface area contributed by atoms with Gasteiger partial charge in [-0.25, -0.2) is 0 Å². The lowest BCUT2D eigenvalue weighted by Crippen LogP contribution is -2.53. The topological polar surface area (TPSA) is 204 Å². The highest BCUT2D eigenvalue weighted by Gasteiger charge is 2.40. The molecule has 0 bridgehead atoms. The number of nitrogens with one attached hydrogen (secondary N) is 7. The molecule has 0 radical (unpaired) electrons. The number of Topliss-reactive ketones (excluding diaryl/α,β-unsaturated/α-hetero) is 7. The number of carbonyl (C=O) groups is 7. The molecule has 0 amide bonds. The fourth-order valence-electron chi connectivity index (χ4n) is 13.5. The predicted molar refractivity (Wildman–Crippen MR) is 560 cm³/mol. The summed E-state index contributed by atoms with van der Waals surface area (Å²) in [7, 11) is 0. The molecular formula is C111H209N7O7S. The minimum atomic E-state index is -0.332. The first kappa shape index (κ1) is 134. The summed E-state index contributed by atoms with van der Waals surface area (Å²) in [6, 6.07) is 26.6. The SMILES string of the molecule is C.C.C.C.CC(C)(C)NC(CC1=CCc2ccccc21)C(=O)C(C)(C)C.CC(C)(C)NC(Cc1ccccc1)C(=O)C(C)(C)C.CC(C)CC(NC(C)(C)C)C(=O)C(C)(C)C.CCC(C)C(NC(C)(C)C)C(=O)C(C)(C)C.CCC(NC(C)(C)C)C(=O)C(C)(C)C.CSCC(NC(C)(C)C)C(=O)C(C)(C)C.Cc1ccc(CC(NC(C)(C)C)C(=O)C(C)(C)C)cc1. The Labute approximate surface area is 786 Å². The Morgan fingerprint density at radius 1 is 0.317 bits per heavy atom. The Balaban J connectivity index is -0.000000262. The molecule has 7 N–H and O–H groups in total. The standard InChI is InChI=1S/C20H29NO.C18H29NO.C17H27NO.2C14H29NO.C12H25NOS.C12H25NO.4CH4/c1-19(2,3)18(22)17(21-20(4,5)6)13-15-12-11-14-9-7-8-10-16(14)15;1-13-8-10-14(11-9-13)12-15(19-18(5,6)7)16(20)17(2,3)4;1-16(2,3)15(19)14(18-17(4,5)6)12-13-10-8-7-9-11-13;1-10(2)9-11(15-14(6,7)8)12(16)13(3,4)5;1-9-10(2)11(15-14(6,7)8)12(16)13(3,4)5;1-11(2,3)10(14)9(8-15-7)13-12(4,5)6;1-8-9(13-12(5,6)7)10(14)11(2,3)4;;;;/h7-10,12,17,21H,11,13H2,1-6H3;8-11,15,19H,12H2,1-7H3;7-11,14,18H,12H2,1-6H3;2*10-11,15H,9H2,1-8H3;9,13H,8H2,1-7H3;9,13H,8H2,1-7H3;4*1H4. The van der Waals surface area contributed by atoms with Crippen LogP contribution in [0.4, 0.5) is 0 Å². The van der Waals surface area contributed by atoms with Crippen LogP contribution >= 0.6 is 11.8 Å². The van der Waals surface area contributed by atoms with Crippen LogP contribution in [0.25, 0.3) is 5.57 Å². The van der Waals surface area contributed by atoms with Gasteiger partial charge in [-0.1, -0.05) is 307 Å². The number of carbonyl (C=O) groups excluding carboxylic acids is 7. The van der Waals surface area contributed by atoms with Gasteiger partial charge in [-0.15, -0.1) is 0 Å². The monoisotopic (exact) mass is 1780 g/mol. The van der Waals surface area contributed by atoms with E-state index >= 15 is 0 Å². The Morgan fingerprint density at radius 3 is 0.889 bits per heavy atom. The van der Waals surface area contributed by atoms with Gasteiger partial charge in [0.2, 0.25) is 0 Å². The van der Waals surface area contributed by atoms with Crippen LogP contribution in [0.15, 0.2) is 84.9 Å². The van der Waals surface area contributed by atoms with Gasteiger partial charge in [-0.2, -0.15) is 11.8 Å². The number of ketones is 7. The lowest BCUT2D eigenvalue weighted by atomic mass is 9.80. The van der Waals surface area contributed by atoms with E-state index in [2.05, 4.69) is 284 Å². The number of hydrogen-bond donors (Lipinski definition) is 7. The molecule has 1 aliphatic rings. The lowest BCUT2D eigenvalue weighted by Gasteiger charge is -2.35. The van der Waals surface area contributed by atoms with Gasteiger partial charge in [0.1, 0.15) is 0 Å². The highest BCUT2D eigenvalue weighted by Crippen LogP contribution is 2.34. The van der Waals surface area contributed by atoms with E-state index in [1.807, 2.05) is 177 Å². The smallest absolute Gasteiger partial charge is 0.155 e. The Morgan fingerprint density at radius 2 is 0.587 bits per heavy atom. The third kappa shape index (κ3) is 61.0. The van der Waals surface area contributed by atoms with E-state index in [0.717, 1.165) is 50.7 Å². The molecule has 14 nitrogen and oxygen atoms in total. The van der Waals surface area contributed by atoms with Gasteiger partial charge < -0.3 is 37.2 Å². The highest BCUT2D eigenvalue weighted by molar-refractivity contribution is 7.98. The quantitative estimate of drug-likeness (QED) is 0.0379. The third-order valence-corrected chi connectivity index (χ3v) is 20.1. The van der Waals surface area contributed by atoms with Gasteiger partial charge in [-0.3, -0.25) is 33.6 Å². The zero-order valence-corrected chi connectivity index (χ0v) is 89.0. The van der Waals surface area contributed by atoms with Gasteiger partial charge in [0.15, 0.2) is 40.5 Å². The Bertz CT molecular complexity index is 3620. The molecule has 3 aromatic rings. The molecule has 3 aromatic carbocycles. The zero-order valence-electron chi connectivity index (χ0n) is 88.2. The van der Waals surface area contributed by atoms with Crippen LogP contribution in [0.3, 0.4) is 0 Å². The van der Waals surface area contributed by atoms with Crippen molar-refractivity contribution >= 4 is 57.8 Å². The minimum Gasteiger partial charge on any atom is -0.303 e. The molecule has 0 fully saturated rings. The maximum atomic E-state index is 12.9. The summed E-state index contributed by atoms with van der Waals surface area (Å²) in [5.41, 5.74) is 5.33. The van der Waals surface area contributed by atoms with Crippen molar-refractivity contribution < 1.29 is 33.6 Å². The molecule has 1 aliphatic carbocycles. The van der Waals surface area contributed by atoms with Crippen molar-refractivity contribution in [2.45, 2.75) is 488 Å². The minimum absolute atomic E-state index is 0. The fraction of sp³-hybridized carbons (Fsp3) is 0.757. The second-order valence-electron chi connectivity index (χ2n) is 49.4. The van der Waals surface area contributed by atoms with E-state index in [1.165, 1.54) is 33.4 Å². The molecule has 0 spiro atoms. The molecule has 0 saturated heterocycles. The van der Waals surface area contributed by atoms with Crippen molar-refractivity contribution in [2.75, 3.05) is 12.0 Å². The molecule has 126 heavy (non-hydrogen) atoms. The molecule has 15 heteroatoms. The van der Waals surface area contributed by atoms with E-state index in [1.54, 1.807) is 11.8 Å². The maximum Gasteiger partial charge on any atom is 0.155 e. The second kappa shape index (κ2) is 55.6. The van der Waals surface area contributed by atoms with Crippen molar-refractivity contribution in [1.29, 1.82) is 0 Å². The number of benzene rings is 3. The third-order valence-electron chi connectivity index (χ3n) is 19.4. The van der Waals surface area contributed by atoms with Crippen molar-refractivity contribution in [1.82, 2.24) is 37.2 Å². The van der Waals surface area contributed by atoms with Crippen LogP contribution in [-0.4, -0.2) is 134 Å². The van der Waals surface area contributed by atoms with E-state index < -0.39 is 0 Å². The largest absolute Gasteiger partial charge is 0.303 e. The van der Waals surface area contributed by atoms with Crippen LogP contribution in [0, 0.1) is 56.7 Å². The van der Waals surface area contributed by atoms with Crippen LogP contribution in [0.5, 0.6) is 0 Å². The summed E-state index contributed by atoms with van der Waals surface area (Å²) >= 11 is 1.71. The van der Waals surface area contributed by atoms with Crippen molar-refractivity contribution in [3.63, 3.8) is 0 Å². The second-order valence-corrected chi connectivity index (χ2v) is 50.3. The van der Waals surface area contributed by atoms with Crippen LogP contribution < -0.4 is 37.2 Å². The Hall–Kier alpha value is -4.84. The van der Waals surface area contributed by atoms with Crippen molar-refractivity contribution in [3.8, 4) is 0 Å². The molecular weight excluding hydrogens is 1580 g/mol. The van der Waals surface area contributed by atoms with Gasteiger partial charge in [-0.05, 0) is 237 Å². The number of fused-ring (bicyclic) bond motifs is 1. The first-order valence-corrected chi connectivity index (χ1v) is 47.2. The summed E-state index contributed by atoms with van der Waals surface area (Å²) < 4.78 is 0. The predicted octanol–water partition coefficient (Wildman–Crippen LogP) is 26.7. The van der Waals surface area contributed by atoms with Gasteiger partial charge in [0.25, 0.3) is 0 Å². The molecule has 0 saturated carbocycles. The fourth-order valence-corrected chi connectivity index (χ4v) is 14.1. The van der Waals surface area contributed by atoms with Crippen molar-refractivity contribution in [3.05, 3.63) is 113 Å². The average Bonchev–Trinajstić information content (AvgIpc) is 1.66. The van der Waals surface area contributed by atoms with Gasteiger partial charge in [0, 0.05) is 82.4 Å². The molecule has 0 aromatic heterocycles. The first-order valence-electron chi connectivity index (χ1n) is 45.8. The summed E-state index contributed by atoms with van der Waals surface area (Å²) in [5, 5.41) is 24.1.